The Labute approximate surface area is 486 Å². The summed E-state index contributed by atoms with van der Waals surface area (Å²) >= 11 is 0. The molecule has 0 spiro atoms. The van der Waals surface area contributed by atoms with Gasteiger partial charge in [0.05, 0.1) is 0 Å². The van der Waals surface area contributed by atoms with Gasteiger partial charge in [0, 0.05) is 19.3 Å². The Morgan fingerprint density at radius 3 is 0.734 bits per heavy atom. The topological polar surface area (TPSA) is 78.9 Å². The minimum atomic E-state index is -0.817. The highest BCUT2D eigenvalue weighted by Crippen LogP contribution is 2.15. The zero-order valence-corrected chi connectivity index (χ0v) is 50.8. The summed E-state index contributed by atoms with van der Waals surface area (Å²) in [6, 6.07) is 0. The summed E-state index contributed by atoms with van der Waals surface area (Å²) in [5.41, 5.74) is 0. The minimum Gasteiger partial charge on any atom is -0.462 e. The summed E-state index contributed by atoms with van der Waals surface area (Å²) in [6.45, 7) is 6.24. The Hall–Kier alpha value is -4.97. The number of carbonyl (C=O) groups is 3. The summed E-state index contributed by atoms with van der Waals surface area (Å²) in [6.07, 6.45) is 95.4. The molecule has 79 heavy (non-hydrogen) atoms. The smallest absolute Gasteiger partial charge is 0.306 e. The van der Waals surface area contributed by atoms with E-state index in [-0.39, 0.29) is 37.5 Å². The van der Waals surface area contributed by atoms with E-state index in [1.165, 1.54) is 70.6 Å². The van der Waals surface area contributed by atoms with Gasteiger partial charge in [0.1, 0.15) is 13.2 Å². The number of rotatable bonds is 56. The van der Waals surface area contributed by atoms with Gasteiger partial charge in [-0.25, -0.2) is 0 Å². The van der Waals surface area contributed by atoms with E-state index >= 15 is 0 Å². The first-order valence-electron chi connectivity index (χ1n) is 32.0. The number of esters is 3. The highest BCUT2D eigenvalue weighted by Gasteiger charge is 2.19. The van der Waals surface area contributed by atoms with E-state index in [0.29, 0.717) is 19.3 Å². The first kappa shape index (κ1) is 74.0. The molecule has 0 rings (SSSR count). The standard InChI is InChI=1S/C73H116O6/c1-4-7-10-13-16-19-22-25-28-30-31-32-33-34-35-36-37-38-39-40-41-43-45-48-51-54-57-60-63-66-72(75)78-69-70(68-77-71(74)65-62-59-56-53-50-47-44-27-24-21-18-15-12-9-6-3)79-73(76)67-64-61-58-55-52-49-46-42-29-26-23-20-17-14-11-8-5-2/h7-12,16-21,25-29,31-32,34-35,44,46,49-50,53,70H,4-6,13-15,22-24,30,33,36-43,45,47-48,51-52,54-69H2,1-3H3/b10-7-,11-8-,12-9-,19-16-,20-17-,21-18-,28-25-,29-26-,32-31-,35-34-,44-27-,49-46-,53-50-. The van der Waals surface area contributed by atoms with Crippen LogP contribution in [0.2, 0.25) is 0 Å². The van der Waals surface area contributed by atoms with Gasteiger partial charge < -0.3 is 14.2 Å². The van der Waals surface area contributed by atoms with Crippen molar-refractivity contribution in [3.8, 4) is 0 Å². The van der Waals surface area contributed by atoms with Gasteiger partial charge in [0.2, 0.25) is 0 Å². The van der Waals surface area contributed by atoms with E-state index in [1.54, 1.807) is 0 Å². The number of hydrogen-bond donors (Lipinski definition) is 0. The number of unbranched alkanes of at least 4 members (excludes halogenated alkanes) is 19. The zero-order valence-electron chi connectivity index (χ0n) is 50.8. The molecular weight excluding hydrogens is 973 g/mol. The van der Waals surface area contributed by atoms with Crippen LogP contribution in [0.3, 0.4) is 0 Å². The predicted molar refractivity (Wildman–Crippen MR) is 343 cm³/mol. The van der Waals surface area contributed by atoms with Crippen LogP contribution in [-0.4, -0.2) is 37.2 Å². The SMILES string of the molecule is CC/C=C\C/C=C\C/C=C\C/C=C\C/C=C\CCCCCCCCCCCCCCCC(=O)OCC(COC(=O)CCCC/C=C\C/C=C\C/C=C\C/C=C\CC)OC(=O)CCCCCC/C=C\C/C=C\C/C=C\C/C=C\CC. The third-order valence-electron chi connectivity index (χ3n) is 13.0. The summed E-state index contributed by atoms with van der Waals surface area (Å²) in [5, 5.41) is 0. The van der Waals surface area contributed by atoms with Gasteiger partial charge in [-0.15, -0.1) is 0 Å². The summed E-state index contributed by atoms with van der Waals surface area (Å²) < 4.78 is 16.9. The normalized spacial score (nSPS) is 13.2. The van der Waals surface area contributed by atoms with Gasteiger partial charge in [0.25, 0.3) is 0 Å². The van der Waals surface area contributed by atoms with Crippen molar-refractivity contribution in [2.24, 2.45) is 0 Å². The molecule has 1 unspecified atom stereocenters. The average Bonchev–Trinajstić information content (AvgIpc) is 3.45. The summed E-state index contributed by atoms with van der Waals surface area (Å²) in [4.78, 5) is 38.3. The maximum absolute atomic E-state index is 12.9. The molecule has 0 heterocycles. The van der Waals surface area contributed by atoms with E-state index in [9.17, 15) is 14.4 Å². The van der Waals surface area contributed by atoms with Crippen LogP contribution in [-0.2, 0) is 28.6 Å². The van der Waals surface area contributed by atoms with Crippen molar-refractivity contribution in [3.63, 3.8) is 0 Å². The maximum Gasteiger partial charge on any atom is 0.306 e. The third kappa shape index (κ3) is 63.7. The molecule has 0 aliphatic carbocycles. The van der Waals surface area contributed by atoms with Crippen molar-refractivity contribution in [1.82, 2.24) is 0 Å². The van der Waals surface area contributed by atoms with Crippen molar-refractivity contribution in [3.05, 3.63) is 158 Å². The van der Waals surface area contributed by atoms with Crippen LogP contribution >= 0.6 is 0 Å². The van der Waals surface area contributed by atoms with Crippen molar-refractivity contribution in [2.45, 2.75) is 271 Å². The minimum absolute atomic E-state index is 0.107. The molecule has 6 nitrogen and oxygen atoms in total. The maximum atomic E-state index is 12.9. The number of hydrogen-bond acceptors (Lipinski definition) is 6. The monoisotopic (exact) mass is 1090 g/mol. The molecule has 0 bridgehead atoms. The molecule has 0 fully saturated rings. The van der Waals surface area contributed by atoms with Gasteiger partial charge in [-0.2, -0.15) is 0 Å². The molecule has 0 aromatic rings. The molecule has 0 saturated heterocycles. The van der Waals surface area contributed by atoms with Crippen LogP contribution in [0.1, 0.15) is 265 Å². The van der Waals surface area contributed by atoms with E-state index < -0.39 is 6.10 Å². The van der Waals surface area contributed by atoms with E-state index in [0.717, 1.165) is 148 Å². The van der Waals surface area contributed by atoms with Gasteiger partial charge in [-0.1, -0.05) is 262 Å². The number of allylic oxidation sites excluding steroid dienone is 26. The predicted octanol–water partition coefficient (Wildman–Crippen LogP) is 22.1. The van der Waals surface area contributed by atoms with E-state index in [2.05, 4.69) is 179 Å². The second-order valence-corrected chi connectivity index (χ2v) is 20.5. The molecule has 0 saturated carbocycles. The van der Waals surface area contributed by atoms with Crippen LogP contribution in [0, 0.1) is 0 Å². The van der Waals surface area contributed by atoms with E-state index in [4.69, 9.17) is 14.2 Å². The molecule has 6 heteroatoms. The lowest BCUT2D eigenvalue weighted by molar-refractivity contribution is -0.167. The van der Waals surface area contributed by atoms with Gasteiger partial charge in [-0.05, 0) is 141 Å². The van der Waals surface area contributed by atoms with E-state index in [1.807, 2.05) is 0 Å². The Balaban J connectivity index is 4.37. The van der Waals surface area contributed by atoms with Crippen molar-refractivity contribution >= 4 is 17.9 Å². The summed E-state index contributed by atoms with van der Waals surface area (Å²) in [7, 11) is 0. The third-order valence-corrected chi connectivity index (χ3v) is 13.0. The van der Waals surface area contributed by atoms with Crippen LogP contribution < -0.4 is 0 Å². The fourth-order valence-electron chi connectivity index (χ4n) is 8.33. The molecule has 0 N–H and O–H groups in total. The molecule has 1 atom stereocenters. The van der Waals surface area contributed by atoms with Gasteiger partial charge in [-0.3, -0.25) is 14.4 Å². The second-order valence-electron chi connectivity index (χ2n) is 20.5. The Morgan fingerprint density at radius 1 is 0.253 bits per heavy atom. The van der Waals surface area contributed by atoms with Crippen LogP contribution in [0.5, 0.6) is 0 Å². The van der Waals surface area contributed by atoms with Crippen LogP contribution in [0.4, 0.5) is 0 Å². The van der Waals surface area contributed by atoms with Gasteiger partial charge >= 0.3 is 17.9 Å². The highest BCUT2D eigenvalue weighted by molar-refractivity contribution is 5.71. The lowest BCUT2D eigenvalue weighted by Crippen LogP contribution is -2.30. The lowest BCUT2D eigenvalue weighted by Gasteiger charge is -2.18. The Bertz CT molecular complexity index is 1780. The Kier molecular flexibility index (Phi) is 61.4. The Morgan fingerprint density at radius 2 is 0.456 bits per heavy atom. The average molecular weight is 1090 g/mol. The van der Waals surface area contributed by atoms with Crippen molar-refractivity contribution in [1.29, 1.82) is 0 Å². The largest absolute Gasteiger partial charge is 0.462 e. The van der Waals surface area contributed by atoms with Gasteiger partial charge in [0.15, 0.2) is 6.10 Å². The lowest BCUT2D eigenvalue weighted by atomic mass is 10.0. The number of ether oxygens (including phenoxy) is 3. The van der Waals surface area contributed by atoms with Crippen LogP contribution in [0.15, 0.2) is 158 Å². The molecule has 444 valence electrons. The first-order chi connectivity index (χ1) is 39.0. The fourth-order valence-corrected chi connectivity index (χ4v) is 8.33. The number of carbonyl (C=O) groups excluding carboxylic acids is 3. The molecule has 0 aromatic carbocycles. The van der Waals surface area contributed by atoms with Crippen molar-refractivity contribution < 1.29 is 28.6 Å². The highest BCUT2D eigenvalue weighted by atomic mass is 16.6. The molecule has 0 radical (unpaired) electrons. The molecular formula is C73H116O6. The molecule has 0 aliphatic heterocycles. The molecule has 0 amide bonds. The zero-order chi connectivity index (χ0) is 57.1. The van der Waals surface area contributed by atoms with Crippen LogP contribution in [0.25, 0.3) is 0 Å². The fraction of sp³-hybridized carbons (Fsp3) is 0.603. The molecule has 0 aliphatic rings. The second kappa shape index (κ2) is 65.5. The summed E-state index contributed by atoms with van der Waals surface area (Å²) in [5.74, 6) is -0.978. The first-order valence-corrected chi connectivity index (χ1v) is 32.0. The molecule has 0 aromatic heterocycles. The van der Waals surface area contributed by atoms with Crippen molar-refractivity contribution in [2.75, 3.05) is 13.2 Å². The quantitative estimate of drug-likeness (QED) is 0.0261.